The van der Waals surface area contributed by atoms with Gasteiger partial charge in [-0.15, -0.1) is 0 Å². The van der Waals surface area contributed by atoms with Crippen LogP contribution in [-0.4, -0.2) is 42.0 Å². The molecule has 3 nitrogen and oxygen atoms in total. The molecular formula is C9H17O3Si. The Balaban J connectivity index is 2.08. The summed E-state index contributed by atoms with van der Waals surface area (Å²) < 4.78 is 15.7. The summed E-state index contributed by atoms with van der Waals surface area (Å²) in [4.78, 5) is 0. The molecule has 75 valence electrons. The van der Waals surface area contributed by atoms with Crippen molar-refractivity contribution in [2.75, 3.05) is 13.2 Å². The lowest BCUT2D eigenvalue weighted by Gasteiger charge is -2.19. The summed E-state index contributed by atoms with van der Waals surface area (Å²) in [5.74, 6) is 0. The molecule has 1 fully saturated rings. The highest BCUT2D eigenvalue weighted by molar-refractivity contribution is 5.98. The van der Waals surface area contributed by atoms with Gasteiger partial charge in [0.2, 0.25) is 10.5 Å². The third kappa shape index (κ3) is 4.76. The fourth-order valence-electron chi connectivity index (χ4n) is 1.18. The predicted octanol–water partition coefficient (Wildman–Crippen LogP) is 1.06. The lowest BCUT2D eigenvalue weighted by molar-refractivity contribution is 0.0148. The fourth-order valence-corrected chi connectivity index (χ4v) is 1.27. The van der Waals surface area contributed by atoms with Crippen molar-refractivity contribution in [3.05, 3.63) is 0 Å². The van der Waals surface area contributed by atoms with E-state index in [-0.39, 0.29) is 12.2 Å². The summed E-state index contributed by atoms with van der Waals surface area (Å²) >= 11 is 0. The number of epoxide rings is 1. The minimum atomic E-state index is 0.196. The zero-order valence-electron chi connectivity index (χ0n) is 8.29. The van der Waals surface area contributed by atoms with Crippen molar-refractivity contribution >= 4 is 10.5 Å². The van der Waals surface area contributed by atoms with Crippen LogP contribution >= 0.6 is 0 Å². The first-order valence-electron chi connectivity index (χ1n) is 4.81. The molecule has 1 aliphatic rings. The van der Waals surface area contributed by atoms with Gasteiger partial charge in [0, 0.05) is 6.10 Å². The lowest BCUT2D eigenvalue weighted by Crippen LogP contribution is -2.21. The van der Waals surface area contributed by atoms with Crippen molar-refractivity contribution in [3.63, 3.8) is 0 Å². The van der Waals surface area contributed by atoms with Crippen molar-refractivity contribution in [2.24, 2.45) is 0 Å². The Labute approximate surface area is 83.3 Å². The SMILES string of the molecule is CCC(CC(C)O[Si])OCC1CO1. The average molecular weight is 201 g/mol. The number of rotatable bonds is 7. The van der Waals surface area contributed by atoms with Gasteiger partial charge in [0.05, 0.1) is 19.3 Å². The van der Waals surface area contributed by atoms with E-state index in [1.807, 2.05) is 6.92 Å². The van der Waals surface area contributed by atoms with Crippen LogP contribution in [0.1, 0.15) is 26.7 Å². The Morgan fingerprint density at radius 1 is 1.62 bits per heavy atom. The molecule has 4 heteroatoms. The van der Waals surface area contributed by atoms with Gasteiger partial charge in [0.25, 0.3) is 0 Å². The second-order valence-corrected chi connectivity index (χ2v) is 3.72. The monoisotopic (exact) mass is 201 g/mol. The van der Waals surface area contributed by atoms with Gasteiger partial charge in [-0.25, -0.2) is 0 Å². The van der Waals surface area contributed by atoms with E-state index >= 15 is 0 Å². The molecule has 13 heavy (non-hydrogen) atoms. The maximum atomic E-state index is 5.66. The summed E-state index contributed by atoms with van der Waals surface area (Å²) in [6.45, 7) is 5.74. The van der Waals surface area contributed by atoms with Gasteiger partial charge in [-0.2, -0.15) is 0 Å². The van der Waals surface area contributed by atoms with Crippen molar-refractivity contribution in [1.29, 1.82) is 0 Å². The molecule has 0 spiro atoms. The maximum absolute atomic E-state index is 5.66. The normalized spacial score (nSPS) is 25.6. The molecule has 0 aromatic rings. The van der Waals surface area contributed by atoms with E-state index in [2.05, 4.69) is 17.4 Å². The molecule has 0 amide bonds. The van der Waals surface area contributed by atoms with Crippen LogP contribution in [0.25, 0.3) is 0 Å². The van der Waals surface area contributed by atoms with E-state index in [1.165, 1.54) is 0 Å². The molecule has 0 aromatic carbocycles. The second-order valence-electron chi connectivity index (χ2n) is 3.48. The third-order valence-corrected chi connectivity index (χ3v) is 2.57. The van der Waals surface area contributed by atoms with E-state index in [9.17, 15) is 0 Å². The molecule has 1 rings (SSSR count). The largest absolute Gasteiger partial charge is 0.416 e. The molecule has 0 saturated carbocycles. The van der Waals surface area contributed by atoms with E-state index < -0.39 is 0 Å². The van der Waals surface area contributed by atoms with Crippen LogP contribution < -0.4 is 0 Å². The van der Waals surface area contributed by atoms with E-state index in [0.717, 1.165) is 26.1 Å². The van der Waals surface area contributed by atoms with Crippen molar-refractivity contribution in [3.8, 4) is 0 Å². The van der Waals surface area contributed by atoms with Gasteiger partial charge in [-0.3, -0.25) is 0 Å². The highest BCUT2D eigenvalue weighted by Crippen LogP contribution is 2.14. The molecule has 0 bridgehead atoms. The highest BCUT2D eigenvalue weighted by atomic mass is 28.2. The first-order chi connectivity index (χ1) is 6.26. The predicted molar refractivity (Wildman–Crippen MR) is 50.7 cm³/mol. The Morgan fingerprint density at radius 2 is 2.31 bits per heavy atom. The van der Waals surface area contributed by atoms with Gasteiger partial charge in [-0.1, -0.05) is 6.92 Å². The molecule has 0 N–H and O–H groups in total. The zero-order valence-corrected chi connectivity index (χ0v) is 9.29. The number of hydrogen-bond acceptors (Lipinski definition) is 3. The minimum Gasteiger partial charge on any atom is -0.416 e. The lowest BCUT2D eigenvalue weighted by atomic mass is 10.1. The number of hydrogen-bond donors (Lipinski definition) is 0. The van der Waals surface area contributed by atoms with Crippen LogP contribution in [0.4, 0.5) is 0 Å². The highest BCUT2D eigenvalue weighted by Gasteiger charge is 2.24. The molecule has 3 unspecified atom stereocenters. The minimum absolute atomic E-state index is 0.196. The van der Waals surface area contributed by atoms with E-state index in [1.54, 1.807) is 0 Å². The van der Waals surface area contributed by atoms with Crippen LogP contribution in [-0.2, 0) is 13.9 Å². The van der Waals surface area contributed by atoms with Gasteiger partial charge in [0.1, 0.15) is 6.10 Å². The summed E-state index contributed by atoms with van der Waals surface area (Å²) in [6, 6.07) is 0. The Hall–Kier alpha value is 0.0969. The summed E-state index contributed by atoms with van der Waals surface area (Å²) in [6.07, 6.45) is 2.78. The van der Waals surface area contributed by atoms with Crippen molar-refractivity contribution < 1.29 is 13.9 Å². The summed E-state index contributed by atoms with van der Waals surface area (Å²) in [5, 5.41) is 0. The zero-order chi connectivity index (χ0) is 9.68. The molecule has 0 aliphatic carbocycles. The van der Waals surface area contributed by atoms with Gasteiger partial charge >= 0.3 is 0 Å². The molecule has 3 atom stereocenters. The van der Waals surface area contributed by atoms with Crippen LogP contribution in [0.15, 0.2) is 0 Å². The second kappa shape index (κ2) is 5.75. The van der Waals surface area contributed by atoms with Crippen LogP contribution in [0, 0.1) is 0 Å². The third-order valence-electron chi connectivity index (χ3n) is 2.17. The molecule has 1 heterocycles. The van der Waals surface area contributed by atoms with Gasteiger partial charge in [-0.05, 0) is 19.8 Å². The number of ether oxygens (including phenoxy) is 2. The first kappa shape index (κ1) is 11.2. The fraction of sp³-hybridized carbons (Fsp3) is 1.00. The first-order valence-corrected chi connectivity index (χ1v) is 5.22. The smallest absolute Gasteiger partial charge is 0.246 e. The standard InChI is InChI=1S/C9H17O3Si/c1-3-8(4-7(2)12-13)10-5-9-6-11-9/h7-9H,3-6H2,1-2H3. The van der Waals surface area contributed by atoms with Crippen molar-refractivity contribution in [1.82, 2.24) is 0 Å². The van der Waals surface area contributed by atoms with Crippen LogP contribution in [0.5, 0.6) is 0 Å². The topological polar surface area (TPSA) is 31.0 Å². The van der Waals surface area contributed by atoms with Crippen LogP contribution in [0.2, 0.25) is 0 Å². The Morgan fingerprint density at radius 3 is 2.77 bits per heavy atom. The molecular weight excluding hydrogens is 184 g/mol. The Kier molecular flexibility index (Phi) is 4.94. The molecule has 1 saturated heterocycles. The van der Waals surface area contributed by atoms with Crippen molar-refractivity contribution in [2.45, 2.75) is 45.0 Å². The quantitative estimate of drug-likeness (QED) is 0.456. The summed E-state index contributed by atoms with van der Waals surface area (Å²) in [7, 11) is 3.03. The molecule has 0 aromatic heterocycles. The average Bonchev–Trinajstić information content (AvgIpc) is 2.95. The Bertz CT molecular complexity index is 139. The van der Waals surface area contributed by atoms with E-state index in [4.69, 9.17) is 13.9 Å². The molecule has 3 radical (unpaired) electrons. The van der Waals surface area contributed by atoms with Gasteiger partial charge in [0.15, 0.2) is 0 Å². The summed E-state index contributed by atoms with van der Waals surface area (Å²) in [5.41, 5.74) is 0. The maximum Gasteiger partial charge on any atom is 0.246 e. The van der Waals surface area contributed by atoms with Crippen LogP contribution in [0.3, 0.4) is 0 Å². The van der Waals surface area contributed by atoms with E-state index in [0.29, 0.717) is 6.10 Å². The molecule has 1 aliphatic heterocycles. The van der Waals surface area contributed by atoms with Gasteiger partial charge < -0.3 is 13.9 Å².